The number of hydrogen-bond acceptors (Lipinski definition) is 3. The lowest BCUT2D eigenvalue weighted by atomic mass is 10.3. The highest BCUT2D eigenvalue weighted by atomic mass is 35.5. The van der Waals surface area contributed by atoms with Gasteiger partial charge in [0.15, 0.2) is 0 Å². The molecule has 0 aromatic heterocycles. The van der Waals surface area contributed by atoms with Gasteiger partial charge in [0.2, 0.25) is 0 Å². The van der Waals surface area contributed by atoms with Crippen molar-refractivity contribution < 1.29 is 4.74 Å². The largest absolute Gasteiger partial charge is 0.495 e. The first-order valence-electron chi connectivity index (χ1n) is 5.06. The quantitative estimate of drug-likeness (QED) is 0.850. The van der Waals surface area contributed by atoms with Gasteiger partial charge in [-0.15, -0.1) is 0 Å². The molecule has 0 amide bonds. The van der Waals surface area contributed by atoms with Crippen molar-refractivity contribution in [3.8, 4) is 5.75 Å². The van der Waals surface area contributed by atoms with Crippen molar-refractivity contribution >= 4 is 29.1 Å². The molecule has 0 aliphatic carbocycles. The molecular formula is C13H12ClNOS. The van der Waals surface area contributed by atoms with E-state index in [9.17, 15) is 0 Å². The molecule has 2 nitrogen and oxygen atoms in total. The summed E-state index contributed by atoms with van der Waals surface area (Å²) in [6, 6.07) is 13.5. The van der Waals surface area contributed by atoms with Crippen molar-refractivity contribution in [2.45, 2.75) is 9.79 Å². The highest BCUT2D eigenvalue weighted by Crippen LogP contribution is 2.33. The van der Waals surface area contributed by atoms with Gasteiger partial charge in [-0.2, -0.15) is 0 Å². The van der Waals surface area contributed by atoms with E-state index in [1.807, 2.05) is 42.5 Å². The van der Waals surface area contributed by atoms with E-state index < -0.39 is 0 Å². The summed E-state index contributed by atoms with van der Waals surface area (Å²) < 4.78 is 5.11. The number of halogens is 1. The van der Waals surface area contributed by atoms with Crippen LogP contribution in [-0.4, -0.2) is 7.11 Å². The topological polar surface area (TPSA) is 35.2 Å². The summed E-state index contributed by atoms with van der Waals surface area (Å²) in [5.74, 6) is 0.688. The standard InChI is InChI=1S/C13H12ClNOS/c1-16-13-7-6-11(8-12(13)14)17-10-4-2-9(15)3-5-10/h2-8H,15H2,1H3. The zero-order valence-corrected chi connectivity index (χ0v) is 10.9. The third kappa shape index (κ3) is 3.08. The molecule has 0 spiro atoms. The maximum Gasteiger partial charge on any atom is 0.137 e. The van der Waals surface area contributed by atoms with E-state index in [4.69, 9.17) is 22.1 Å². The van der Waals surface area contributed by atoms with Crippen molar-refractivity contribution in [2.75, 3.05) is 12.8 Å². The molecule has 0 unspecified atom stereocenters. The van der Waals surface area contributed by atoms with Gasteiger partial charge in [0.05, 0.1) is 12.1 Å². The van der Waals surface area contributed by atoms with Crippen LogP contribution in [0.25, 0.3) is 0 Å². The van der Waals surface area contributed by atoms with Crippen molar-refractivity contribution in [1.29, 1.82) is 0 Å². The summed E-state index contributed by atoms with van der Waals surface area (Å²) >= 11 is 7.70. The second-order valence-corrected chi connectivity index (χ2v) is 5.02. The fraction of sp³-hybridized carbons (Fsp3) is 0.0769. The van der Waals surface area contributed by atoms with Gasteiger partial charge in [-0.1, -0.05) is 23.4 Å². The summed E-state index contributed by atoms with van der Waals surface area (Å²) in [5, 5.41) is 0.618. The Kier molecular flexibility index (Phi) is 3.82. The minimum Gasteiger partial charge on any atom is -0.495 e. The first kappa shape index (κ1) is 12.1. The third-order valence-corrected chi connectivity index (χ3v) is 3.53. The number of anilines is 1. The van der Waals surface area contributed by atoms with Crippen molar-refractivity contribution in [3.63, 3.8) is 0 Å². The Morgan fingerprint density at radius 3 is 2.29 bits per heavy atom. The number of benzene rings is 2. The molecule has 2 aromatic carbocycles. The van der Waals surface area contributed by atoms with Crippen LogP contribution in [0.15, 0.2) is 52.3 Å². The van der Waals surface area contributed by atoms with Gasteiger partial charge in [0.25, 0.3) is 0 Å². The fourth-order valence-electron chi connectivity index (χ4n) is 1.38. The molecular weight excluding hydrogens is 254 g/mol. The molecule has 0 aliphatic heterocycles. The highest BCUT2D eigenvalue weighted by Gasteiger charge is 2.03. The van der Waals surface area contributed by atoms with Crippen LogP contribution in [0.4, 0.5) is 5.69 Å². The number of rotatable bonds is 3. The first-order valence-corrected chi connectivity index (χ1v) is 6.25. The van der Waals surface area contributed by atoms with Gasteiger partial charge < -0.3 is 10.5 Å². The molecule has 4 heteroatoms. The minimum atomic E-state index is 0.618. The van der Waals surface area contributed by atoms with Crippen LogP contribution in [0.1, 0.15) is 0 Å². The first-order chi connectivity index (χ1) is 8.19. The van der Waals surface area contributed by atoms with Gasteiger partial charge in [0.1, 0.15) is 5.75 Å². The zero-order valence-electron chi connectivity index (χ0n) is 9.31. The molecule has 0 fully saturated rings. The highest BCUT2D eigenvalue weighted by molar-refractivity contribution is 7.99. The molecule has 2 N–H and O–H groups in total. The summed E-state index contributed by atoms with van der Waals surface area (Å²) in [5.41, 5.74) is 6.40. The number of hydrogen-bond donors (Lipinski definition) is 1. The van der Waals surface area contributed by atoms with Gasteiger partial charge in [-0.25, -0.2) is 0 Å². The van der Waals surface area contributed by atoms with Crippen LogP contribution in [-0.2, 0) is 0 Å². The van der Waals surface area contributed by atoms with Crippen LogP contribution in [0.5, 0.6) is 5.75 Å². The normalized spacial score (nSPS) is 10.2. The van der Waals surface area contributed by atoms with Crippen LogP contribution >= 0.6 is 23.4 Å². The van der Waals surface area contributed by atoms with E-state index in [2.05, 4.69) is 0 Å². The molecule has 0 saturated carbocycles. The lowest BCUT2D eigenvalue weighted by molar-refractivity contribution is 0.414. The van der Waals surface area contributed by atoms with Crippen molar-refractivity contribution in [1.82, 2.24) is 0 Å². The SMILES string of the molecule is COc1ccc(Sc2ccc(N)cc2)cc1Cl. The van der Waals surface area contributed by atoms with Crippen LogP contribution < -0.4 is 10.5 Å². The molecule has 88 valence electrons. The molecule has 0 aliphatic rings. The molecule has 2 rings (SSSR count). The average molecular weight is 266 g/mol. The Bertz CT molecular complexity index is 513. The fourth-order valence-corrected chi connectivity index (χ4v) is 2.56. The Morgan fingerprint density at radius 2 is 1.71 bits per heavy atom. The molecule has 17 heavy (non-hydrogen) atoms. The van der Waals surface area contributed by atoms with Gasteiger partial charge in [0, 0.05) is 15.5 Å². The molecule has 0 atom stereocenters. The molecule has 0 bridgehead atoms. The minimum absolute atomic E-state index is 0.618. The van der Waals surface area contributed by atoms with E-state index in [0.29, 0.717) is 10.8 Å². The van der Waals surface area contributed by atoms with E-state index >= 15 is 0 Å². The maximum atomic E-state index is 6.06. The molecule has 0 heterocycles. The Morgan fingerprint density at radius 1 is 1.06 bits per heavy atom. The van der Waals surface area contributed by atoms with Crippen molar-refractivity contribution in [3.05, 3.63) is 47.5 Å². The van der Waals surface area contributed by atoms with E-state index in [0.717, 1.165) is 15.5 Å². The van der Waals surface area contributed by atoms with Crippen LogP contribution in [0, 0.1) is 0 Å². The van der Waals surface area contributed by atoms with E-state index in [1.165, 1.54) is 0 Å². The Labute approximate surface area is 110 Å². The predicted octanol–water partition coefficient (Wildman–Crippen LogP) is 4.08. The summed E-state index contributed by atoms with van der Waals surface area (Å²) in [7, 11) is 1.61. The molecule has 0 radical (unpaired) electrons. The Balaban J connectivity index is 2.19. The predicted molar refractivity (Wildman–Crippen MR) is 73.0 cm³/mol. The summed E-state index contributed by atoms with van der Waals surface area (Å²) in [6.45, 7) is 0. The van der Waals surface area contributed by atoms with Crippen LogP contribution in [0.3, 0.4) is 0 Å². The van der Waals surface area contributed by atoms with Gasteiger partial charge in [-0.05, 0) is 42.5 Å². The zero-order chi connectivity index (χ0) is 12.3. The summed E-state index contributed by atoms with van der Waals surface area (Å²) in [4.78, 5) is 2.20. The number of methoxy groups -OCH3 is 1. The number of nitrogen functional groups attached to an aromatic ring is 1. The monoisotopic (exact) mass is 265 g/mol. The maximum absolute atomic E-state index is 6.06. The van der Waals surface area contributed by atoms with Crippen LogP contribution in [0.2, 0.25) is 5.02 Å². The van der Waals surface area contributed by atoms with E-state index in [1.54, 1.807) is 18.9 Å². The number of nitrogens with two attached hydrogens (primary N) is 1. The van der Waals surface area contributed by atoms with Gasteiger partial charge >= 0.3 is 0 Å². The third-order valence-electron chi connectivity index (χ3n) is 2.24. The second kappa shape index (κ2) is 5.34. The Hall–Kier alpha value is -1.32. The lowest BCUT2D eigenvalue weighted by Crippen LogP contribution is -1.84. The molecule has 0 saturated heterocycles. The smallest absolute Gasteiger partial charge is 0.137 e. The van der Waals surface area contributed by atoms with E-state index in [-0.39, 0.29) is 0 Å². The lowest BCUT2D eigenvalue weighted by Gasteiger charge is -2.06. The summed E-state index contributed by atoms with van der Waals surface area (Å²) in [6.07, 6.45) is 0. The van der Waals surface area contributed by atoms with Gasteiger partial charge in [-0.3, -0.25) is 0 Å². The average Bonchev–Trinajstić information content (AvgIpc) is 2.32. The second-order valence-electron chi connectivity index (χ2n) is 3.47. The van der Waals surface area contributed by atoms with Crippen molar-refractivity contribution in [2.24, 2.45) is 0 Å². The number of ether oxygens (including phenoxy) is 1. The molecule has 2 aromatic rings.